The summed E-state index contributed by atoms with van der Waals surface area (Å²) in [5.41, 5.74) is 2.16. The van der Waals surface area contributed by atoms with Crippen LogP contribution in [0.25, 0.3) is 22.5 Å². The normalized spacial score (nSPS) is 14.9. The van der Waals surface area contributed by atoms with Gasteiger partial charge in [0.1, 0.15) is 11.2 Å². The Balaban J connectivity index is 1.20. The molecule has 0 saturated heterocycles. The van der Waals surface area contributed by atoms with Gasteiger partial charge in [-0.15, -0.1) is 0 Å². The van der Waals surface area contributed by atoms with Gasteiger partial charge in [-0.1, -0.05) is 43.6 Å². The van der Waals surface area contributed by atoms with E-state index in [2.05, 4.69) is 34.1 Å². The van der Waals surface area contributed by atoms with Crippen LogP contribution in [0.15, 0.2) is 84.0 Å². The SMILES string of the molecule is CC1(C)CN(Cc2cc(F)cc(C(F)(F)F)c2)Cc2cc(Nc3ncc4c(=O)n(-c5ccccc5Cl)c5nccn5c4n3)ccc21. The number of nitrogens with zero attached hydrogens (tertiary/aromatic N) is 6. The fourth-order valence-corrected chi connectivity index (χ4v) is 6.48. The molecule has 6 aromatic rings. The standard InChI is InChI=1S/C33H26ClF4N7O/c1-32(2)18-43(16-19-11-21(33(36,37)38)14-22(35)12-19)17-20-13-23(7-8-25(20)32)41-30-40-15-24-28(42-30)44-10-9-39-31(44)45(29(24)46)27-6-4-3-5-26(27)34/h3-15H,16-18H2,1-2H3,(H,40,41,42). The van der Waals surface area contributed by atoms with Gasteiger partial charge in [0.15, 0.2) is 5.65 Å². The minimum Gasteiger partial charge on any atom is -0.324 e. The number of para-hydroxylation sites is 1. The number of aromatic nitrogens is 5. The zero-order valence-corrected chi connectivity index (χ0v) is 25.4. The summed E-state index contributed by atoms with van der Waals surface area (Å²) in [5, 5.41) is 3.88. The van der Waals surface area contributed by atoms with E-state index in [1.807, 2.05) is 23.1 Å². The van der Waals surface area contributed by atoms with E-state index in [1.54, 1.807) is 41.1 Å². The lowest BCUT2D eigenvalue weighted by atomic mass is 9.78. The van der Waals surface area contributed by atoms with Crippen molar-refractivity contribution in [1.29, 1.82) is 0 Å². The van der Waals surface area contributed by atoms with Gasteiger partial charge < -0.3 is 5.32 Å². The first-order valence-electron chi connectivity index (χ1n) is 14.4. The smallest absolute Gasteiger partial charge is 0.324 e. The molecule has 13 heteroatoms. The van der Waals surface area contributed by atoms with E-state index in [0.29, 0.717) is 47.0 Å². The summed E-state index contributed by atoms with van der Waals surface area (Å²) in [4.78, 5) is 29.1. The Morgan fingerprint density at radius 1 is 1.04 bits per heavy atom. The number of halogens is 5. The highest BCUT2D eigenvalue weighted by molar-refractivity contribution is 6.32. The summed E-state index contributed by atoms with van der Waals surface area (Å²) in [6, 6.07) is 15.5. The first-order chi connectivity index (χ1) is 21.9. The van der Waals surface area contributed by atoms with E-state index in [0.717, 1.165) is 23.3 Å². The minimum absolute atomic E-state index is 0.155. The van der Waals surface area contributed by atoms with Crippen LogP contribution in [0.2, 0.25) is 5.02 Å². The van der Waals surface area contributed by atoms with Crippen LogP contribution in [0.4, 0.5) is 29.2 Å². The quantitative estimate of drug-likeness (QED) is 0.198. The van der Waals surface area contributed by atoms with Crippen molar-refractivity contribution in [3.8, 4) is 5.69 Å². The van der Waals surface area contributed by atoms with Crippen molar-refractivity contribution in [2.45, 2.75) is 38.5 Å². The van der Waals surface area contributed by atoms with Crippen molar-refractivity contribution in [3.05, 3.63) is 123 Å². The van der Waals surface area contributed by atoms with Gasteiger partial charge in [0.05, 0.1) is 16.3 Å². The monoisotopic (exact) mass is 647 g/mol. The maximum atomic E-state index is 14.1. The van der Waals surface area contributed by atoms with Crippen LogP contribution < -0.4 is 10.9 Å². The lowest BCUT2D eigenvalue weighted by molar-refractivity contribution is -0.137. The molecule has 0 aliphatic carbocycles. The molecule has 0 spiro atoms. The number of alkyl halides is 3. The number of anilines is 2. The fourth-order valence-electron chi connectivity index (χ4n) is 6.26. The van der Waals surface area contributed by atoms with Gasteiger partial charge in [0.25, 0.3) is 5.56 Å². The molecule has 1 aliphatic rings. The second kappa shape index (κ2) is 10.9. The molecule has 46 heavy (non-hydrogen) atoms. The number of rotatable bonds is 5. The van der Waals surface area contributed by atoms with Crippen molar-refractivity contribution in [1.82, 2.24) is 28.8 Å². The van der Waals surface area contributed by atoms with Crippen LogP contribution in [0, 0.1) is 5.82 Å². The zero-order valence-electron chi connectivity index (χ0n) is 24.6. The third-order valence-electron chi connectivity index (χ3n) is 8.14. The number of hydrogen-bond acceptors (Lipinski definition) is 6. The second-order valence-corrected chi connectivity index (χ2v) is 12.4. The van der Waals surface area contributed by atoms with E-state index in [-0.39, 0.29) is 34.4 Å². The molecule has 0 fully saturated rings. The molecule has 0 radical (unpaired) electrons. The Morgan fingerprint density at radius 3 is 2.63 bits per heavy atom. The Labute approximate surface area is 264 Å². The van der Waals surface area contributed by atoms with E-state index >= 15 is 0 Å². The topological polar surface area (TPSA) is 80.4 Å². The van der Waals surface area contributed by atoms with Crippen LogP contribution in [0.3, 0.4) is 0 Å². The molecule has 7 rings (SSSR count). The summed E-state index contributed by atoms with van der Waals surface area (Å²) in [6.07, 6.45) is 0.0947. The molecule has 8 nitrogen and oxygen atoms in total. The molecule has 0 saturated carbocycles. The van der Waals surface area contributed by atoms with Gasteiger partial charge in [0, 0.05) is 49.3 Å². The van der Waals surface area contributed by atoms with E-state index in [1.165, 1.54) is 10.8 Å². The fraction of sp³-hybridized carbons (Fsp3) is 0.212. The lowest BCUT2D eigenvalue weighted by Crippen LogP contribution is -2.41. The first kappa shape index (κ1) is 29.9. The Hall–Kier alpha value is -4.81. The van der Waals surface area contributed by atoms with Crippen LogP contribution in [-0.2, 0) is 24.7 Å². The van der Waals surface area contributed by atoms with E-state index in [4.69, 9.17) is 11.6 Å². The number of hydrogen-bond donors (Lipinski definition) is 1. The highest BCUT2D eigenvalue weighted by Crippen LogP contribution is 2.37. The molecule has 234 valence electrons. The molecule has 0 amide bonds. The number of nitrogens with one attached hydrogen (secondary N) is 1. The molecule has 0 atom stereocenters. The third-order valence-corrected chi connectivity index (χ3v) is 8.46. The molecule has 0 unspecified atom stereocenters. The van der Waals surface area contributed by atoms with Gasteiger partial charge in [-0.25, -0.2) is 18.9 Å². The number of benzene rings is 3. The van der Waals surface area contributed by atoms with Gasteiger partial charge in [-0.3, -0.25) is 14.1 Å². The van der Waals surface area contributed by atoms with Crippen LogP contribution in [0.1, 0.15) is 36.1 Å². The Kier molecular flexibility index (Phi) is 7.09. The molecule has 0 bridgehead atoms. The average Bonchev–Trinajstić information content (AvgIpc) is 3.47. The molecule has 1 N–H and O–H groups in total. The minimum atomic E-state index is -4.63. The van der Waals surface area contributed by atoms with Crippen molar-refractivity contribution >= 4 is 40.0 Å². The van der Waals surface area contributed by atoms with Gasteiger partial charge in [-0.05, 0) is 59.2 Å². The Morgan fingerprint density at radius 2 is 1.85 bits per heavy atom. The second-order valence-electron chi connectivity index (χ2n) is 12.0. The average molecular weight is 648 g/mol. The summed E-state index contributed by atoms with van der Waals surface area (Å²) in [7, 11) is 0. The molecular weight excluding hydrogens is 622 g/mol. The molecule has 4 heterocycles. The van der Waals surface area contributed by atoms with Crippen LogP contribution in [0.5, 0.6) is 0 Å². The van der Waals surface area contributed by atoms with Crippen molar-refractivity contribution in [2.24, 2.45) is 0 Å². The van der Waals surface area contributed by atoms with Gasteiger partial charge in [-0.2, -0.15) is 18.2 Å². The summed E-state index contributed by atoms with van der Waals surface area (Å²) in [6.45, 7) is 5.31. The summed E-state index contributed by atoms with van der Waals surface area (Å²) in [5.74, 6) is -0.324. The maximum absolute atomic E-state index is 14.1. The third kappa shape index (κ3) is 5.37. The van der Waals surface area contributed by atoms with Crippen molar-refractivity contribution in [2.75, 3.05) is 11.9 Å². The van der Waals surface area contributed by atoms with Gasteiger partial charge >= 0.3 is 6.18 Å². The van der Waals surface area contributed by atoms with Gasteiger partial charge in [0.2, 0.25) is 11.7 Å². The predicted molar refractivity (Wildman–Crippen MR) is 167 cm³/mol. The maximum Gasteiger partial charge on any atom is 0.416 e. The lowest BCUT2D eigenvalue weighted by Gasteiger charge is -2.40. The van der Waals surface area contributed by atoms with Crippen LogP contribution in [-0.4, -0.2) is 35.4 Å². The highest BCUT2D eigenvalue weighted by Gasteiger charge is 2.34. The van der Waals surface area contributed by atoms with E-state index in [9.17, 15) is 22.4 Å². The molecule has 1 aliphatic heterocycles. The van der Waals surface area contributed by atoms with Crippen LogP contribution >= 0.6 is 11.6 Å². The molecule has 3 aromatic carbocycles. The summed E-state index contributed by atoms with van der Waals surface area (Å²) < 4.78 is 57.2. The van der Waals surface area contributed by atoms with Crippen molar-refractivity contribution < 1.29 is 17.6 Å². The van der Waals surface area contributed by atoms with E-state index < -0.39 is 17.6 Å². The zero-order chi connectivity index (χ0) is 32.4. The largest absolute Gasteiger partial charge is 0.416 e. The molecule has 3 aromatic heterocycles. The predicted octanol–water partition coefficient (Wildman–Crippen LogP) is 7.28. The first-order valence-corrected chi connectivity index (χ1v) is 14.7. The summed E-state index contributed by atoms with van der Waals surface area (Å²) >= 11 is 6.41. The number of fused-ring (bicyclic) bond motifs is 4. The molecular formula is C33H26ClF4N7O. The van der Waals surface area contributed by atoms with Crippen molar-refractivity contribution in [3.63, 3.8) is 0 Å². The number of imidazole rings is 1. The Bertz CT molecular complexity index is 2210. The highest BCUT2D eigenvalue weighted by atomic mass is 35.5.